The monoisotopic (exact) mass is 325 g/mol. The van der Waals surface area contributed by atoms with Gasteiger partial charge in [-0.2, -0.15) is 13.2 Å². The largest absolute Gasteiger partial charge is 0.492 e. The standard InChI is InChI=1S/C12H18F3N3O2S/c1-4-5-17-10(19)9-7(16)8(20-3)11(21-9)18(2)6-12(13,14)15/h4-6,16H2,1-3H3,(H,17,19). The number of carbonyl (C=O) groups excluding carboxylic acids is 1. The Labute approximate surface area is 124 Å². The number of thiophene rings is 1. The first-order valence-corrected chi connectivity index (χ1v) is 7.05. The minimum absolute atomic E-state index is 0.0557. The summed E-state index contributed by atoms with van der Waals surface area (Å²) in [6, 6.07) is 0. The van der Waals surface area contributed by atoms with Crippen LogP contribution in [-0.2, 0) is 0 Å². The number of hydrogen-bond donors (Lipinski definition) is 2. The van der Waals surface area contributed by atoms with E-state index >= 15 is 0 Å². The number of nitrogens with two attached hydrogens (primary N) is 1. The first-order chi connectivity index (χ1) is 9.71. The summed E-state index contributed by atoms with van der Waals surface area (Å²) < 4.78 is 42.5. The van der Waals surface area contributed by atoms with Crippen LogP contribution >= 0.6 is 11.3 Å². The van der Waals surface area contributed by atoms with Crippen LogP contribution in [0.2, 0.25) is 0 Å². The van der Waals surface area contributed by atoms with Gasteiger partial charge in [0.1, 0.15) is 22.1 Å². The zero-order chi connectivity index (χ0) is 16.2. The van der Waals surface area contributed by atoms with Crippen molar-refractivity contribution in [2.45, 2.75) is 19.5 Å². The summed E-state index contributed by atoms with van der Waals surface area (Å²) in [5.41, 5.74) is 5.86. The Morgan fingerprint density at radius 1 is 1.48 bits per heavy atom. The lowest BCUT2D eigenvalue weighted by Crippen LogP contribution is -2.30. The average Bonchev–Trinajstić information content (AvgIpc) is 2.71. The molecule has 0 unspecified atom stereocenters. The second kappa shape index (κ2) is 6.88. The molecule has 0 spiro atoms. The second-order valence-corrected chi connectivity index (χ2v) is 5.41. The minimum Gasteiger partial charge on any atom is -0.492 e. The highest BCUT2D eigenvalue weighted by atomic mass is 32.1. The topological polar surface area (TPSA) is 67.6 Å². The molecule has 0 atom stereocenters. The van der Waals surface area contributed by atoms with E-state index in [-0.39, 0.29) is 21.3 Å². The molecule has 120 valence electrons. The number of nitrogen functional groups attached to an aromatic ring is 1. The number of amides is 1. The van der Waals surface area contributed by atoms with Gasteiger partial charge in [0.2, 0.25) is 0 Å². The highest BCUT2D eigenvalue weighted by Gasteiger charge is 2.32. The van der Waals surface area contributed by atoms with Crippen molar-refractivity contribution in [2.75, 3.05) is 37.9 Å². The molecule has 21 heavy (non-hydrogen) atoms. The molecule has 5 nitrogen and oxygen atoms in total. The molecule has 0 radical (unpaired) electrons. The van der Waals surface area contributed by atoms with Crippen LogP contribution in [0.15, 0.2) is 0 Å². The van der Waals surface area contributed by atoms with E-state index in [0.29, 0.717) is 6.54 Å². The fraction of sp³-hybridized carbons (Fsp3) is 0.583. The van der Waals surface area contributed by atoms with Crippen LogP contribution in [-0.4, -0.2) is 39.3 Å². The van der Waals surface area contributed by atoms with Gasteiger partial charge < -0.3 is 20.7 Å². The van der Waals surface area contributed by atoms with Gasteiger partial charge in [-0.25, -0.2) is 0 Å². The fourth-order valence-electron chi connectivity index (χ4n) is 1.69. The zero-order valence-corrected chi connectivity index (χ0v) is 12.8. The molecular weight excluding hydrogens is 307 g/mol. The molecule has 1 rings (SSSR count). The Hall–Kier alpha value is -1.64. The second-order valence-electron chi connectivity index (χ2n) is 4.41. The van der Waals surface area contributed by atoms with Crippen molar-refractivity contribution >= 4 is 27.9 Å². The molecule has 0 aliphatic heterocycles. The number of hydrogen-bond acceptors (Lipinski definition) is 5. The van der Waals surface area contributed by atoms with Crippen LogP contribution in [0.3, 0.4) is 0 Å². The van der Waals surface area contributed by atoms with E-state index in [0.717, 1.165) is 22.7 Å². The van der Waals surface area contributed by atoms with Crippen LogP contribution in [0.1, 0.15) is 23.0 Å². The lowest BCUT2D eigenvalue weighted by Gasteiger charge is -2.20. The van der Waals surface area contributed by atoms with Gasteiger partial charge in [-0.1, -0.05) is 6.92 Å². The normalized spacial score (nSPS) is 11.3. The van der Waals surface area contributed by atoms with Crippen LogP contribution in [0.4, 0.5) is 23.9 Å². The van der Waals surface area contributed by atoms with E-state index in [2.05, 4.69) is 5.32 Å². The van der Waals surface area contributed by atoms with Crippen LogP contribution < -0.4 is 20.7 Å². The van der Waals surface area contributed by atoms with Crippen molar-refractivity contribution < 1.29 is 22.7 Å². The van der Waals surface area contributed by atoms with Gasteiger partial charge in [-0.15, -0.1) is 11.3 Å². The van der Waals surface area contributed by atoms with E-state index in [4.69, 9.17) is 10.5 Å². The Morgan fingerprint density at radius 2 is 2.10 bits per heavy atom. The summed E-state index contributed by atoms with van der Waals surface area (Å²) in [5, 5.41) is 2.81. The fourth-order valence-corrected chi connectivity index (χ4v) is 2.76. The Morgan fingerprint density at radius 3 is 2.57 bits per heavy atom. The third kappa shape index (κ3) is 4.42. The molecule has 1 aromatic heterocycles. The molecule has 3 N–H and O–H groups in total. The lowest BCUT2D eigenvalue weighted by molar-refractivity contribution is -0.119. The van der Waals surface area contributed by atoms with Crippen molar-refractivity contribution in [3.8, 4) is 5.75 Å². The predicted octanol–water partition coefficient (Wildman–Crippen LogP) is 2.48. The summed E-state index contributed by atoms with van der Waals surface area (Å²) in [5.74, 6) is -0.322. The van der Waals surface area contributed by atoms with Gasteiger partial charge in [0, 0.05) is 13.6 Å². The molecule has 0 fully saturated rings. The van der Waals surface area contributed by atoms with Crippen LogP contribution in [0.5, 0.6) is 5.75 Å². The number of carbonyl (C=O) groups is 1. The smallest absolute Gasteiger partial charge is 0.405 e. The summed E-state index contributed by atoms with van der Waals surface area (Å²) in [7, 11) is 2.58. The number of methoxy groups -OCH3 is 1. The third-order valence-electron chi connectivity index (χ3n) is 2.59. The molecule has 0 aliphatic carbocycles. The lowest BCUT2D eigenvalue weighted by atomic mass is 10.3. The zero-order valence-electron chi connectivity index (χ0n) is 12.0. The maximum atomic E-state index is 12.5. The van der Waals surface area contributed by atoms with Gasteiger partial charge in [0.15, 0.2) is 5.75 Å². The van der Waals surface area contributed by atoms with Crippen molar-refractivity contribution in [2.24, 2.45) is 0 Å². The van der Waals surface area contributed by atoms with E-state index in [1.807, 2.05) is 6.92 Å². The molecular formula is C12H18F3N3O2S. The summed E-state index contributed by atoms with van der Waals surface area (Å²) in [6.07, 6.45) is -3.61. The van der Waals surface area contributed by atoms with Crippen LogP contribution in [0, 0.1) is 0 Å². The Balaban J connectivity index is 3.08. The Bertz CT molecular complexity index is 503. The molecule has 0 saturated heterocycles. The van der Waals surface area contributed by atoms with Crippen molar-refractivity contribution in [1.82, 2.24) is 5.32 Å². The van der Waals surface area contributed by atoms with Crippen molar-refractivity contribution in [1.29, 1.82) is 0 Å². The maximum Gasteiger partial charge on any atom is 0.405 e. The first kappa shape index (κ1) is 17.4. The van der Waals surface area contributed by atoms with Crippen molar-refractivity contribution in [3.63, 3.8) is 0 Å². The third-order valence-corrected chi connectivity index (χ3v) is 3.89. The SMILES string of the molecule is CCCNC(=O)c1sc(N(C)CC(F)(F)F)c(OC)c1N. The molecule has 1 aromatic rings. The number of alkyl halides is 3. The first-order valence-electron chi connectivity index (χ1n) is 6.23. The van der Waals surface area contributed by atoms with Crippen LogP contribution in [0.25, 0.3) is 0 Å². The maximum absolute atomic E-state index is 12.5. The summed E-state index contributed by atoms with van der Waals surface area (Å²) in [6.45, 7) is 1.20. The van der Waals surface area contributed by atoms with E-state index in [1.165, 1.54) is 14.2 Å². The summed E-state index contributed by atoms with van der Waals surface area (Å²) >= 11 is 0.882. The molecule has 0 aromatic carbocycles. The van der Waals surface area contributed by atoms with E-state index in [9.17, 15) is 18.0 Å². The number of rotatable bonds is 6. The highest BCUT2D eigenvalue weighted by Crippen LogP contribution is 2.44. The number of nitrogens with zero attached hydrogens (tertiary/aromatic N) is 1. The molecule has 1 heterocycles. The summed E-state index contributed by atoms with van der Waals surface area (Å²) in [4.78, 5) is 13.1. The highest BCUT2D eigenvalue weighted by molar-refractivity contribution is 7.19. The number of nitrogens with one attached hydrogen (secondary N) is 1. The van der Waals surface area contributed by atoms with Gasteiger partial charge in [-0.05, 0) is 6.42 Å². The van der Waals surface area contributed by atoms with Gasteiger partial charge in [0.25, 0.3) is 5.91 Å². The number of halogens is 3. The molecule has 9 heteroatoms. The average molecular weight is 325 g/mol. The van der Waals surface area contributed by atoms with Gasteiger partial charge in [0.05, 0.1) is 7.11 Å². The molecule has 0 aliphatic rings. The van der Waals surface area contributed by atoms with Gasteiger partial charge in [-0.3, -0.25) is 4.79 Å². The van der Waals surface area contributed by atoms with Crippen molar-refractivity contribution in [3.05, 3.63) is 4.88 Å². The minimum atomic E-state index is -4.36. The molecule has 0 saturated carbocycles. The Kier molecular flexibility index (Phi) is 5.70. The molecule has 0 bridgehead atoms. The number of anilines is 2. The van der Waals surface area contributed by atoms with Gasteiger partial charge >= 0.3 is 6.18 Å². The van der Waals surface area contributed by atoms with E-state index < -0.39 is 18.6 Å². The number of ether oxygens (including phenoxy) is 1. The predicted molar refractivity (Wildman–Crippen MR) is 77.2 cm³/mol. The molecule has 1 amide bonds. The quantitative estimate of drug-likeness (QED) is 0.843. The van der Waals surface area contributed by atoms with E-state index in [1.54, 1.807) is 0 Å².